The minimum Gasteiger partial charge on any atom is -0.487 e. The quantitative estimate of drug-likeness (QED) is 0.494. The lowest BCUT2D eigenvalue weighted by Gasteiger charge is -2.37. The van der Waals surface area contributed by atoms with E-state index in [1.54, 1.807) is 11.8 Å². The van der Waals surface area contributed by atoms with Crippen LogP contribution in [0.4, 0.5) is 0 Å². The Hall–Kier alpha value is -2.72. The second-order valence-corrected chi connectivity index (χ2v) is 9.48. The van der Waals surface area contributed by atoms with Crippen LogP contribution in [0, 0.1) is 6.92 Å². The third-order valence-electron chi connectivity index (χ3n) is 5.32. The molecule has 1 aliphatic heterocycles. The van der Waals surface area contributed by atoms with Crippen LogP contribution < -0.4 is 10.1 Å². The van der Waals surface area contributed by atoms with Crippen molar-refractivity contribution in [2.24, 2.45) is 0 Å². The SMILES string of the molecule is Cc1ccc(SCc2ccc(C(=O)NC3CC(C)(C)Oc4ccccc43)cc2)cc1. The Balaban J connectivity index is 1.41. The lowest BCUT2D eigenvalue weighted by Crippen LogP contribution is -2.41. The fraction of sp³-hybridized carbons (Fsp3) is 0.269. The topological polar surface area (TPSA) is 38.3 Å². The molecule has 1 unspecified atom stereocenters. The van der Waals surface area contributed by atoms with Crippen molar-refractivity contribution in [3.8, 4) is 5.75 Å². The molecule has 4 heteroatoms. The molecule has 3 nitrogen and oxygen atoms in total. The van der Waals surface area contributed by atoms with E-state index in [1.165, 1.54) is 16.0 Å². The van der Waals surface area contributed by atoms with Gasteiger partial charge in [0, 0.05) is 28.2 Å². The molecule has 0 radical (unpaired) electrons. The highest BCUT2D eigenvalue weighted by Crippen LogP contribution is 2.39. The van der Waals surface area contributed by atoms with Gasteiger partial charge in [-0.1, -0.05) is 48.0 Å². The van der Waals surface area contributed by atoms with Crippen LogP contribution >= 0.6 is 11.8 Å². The van der Waals surface area contributed by atoms with E-state index >= 15 is 0 Å². The van der Waals surface area contributed by atoms with E-state index in [1.807, 2.05) is 48.5 Å². The first kappa shape index (κ1) is 20.5. The summed E-state index contributed by atoms with van der Waals surface area (Å²) in [7, 11) is 0. The van der Waals surface area contributed by atoms with Gasteiger partial charge >= 0.3 is 0 Å². The summed E-state index contributed by atoms with van der Waals surface area (Å²) in [6.45, 7) is 6.21. The minimum absolute atomic E-state index is 0.0507. The van der Waals surface area contributed by atoms with E-state index in [2.05, 4.69) is 50.4 Å². The van der Waals surface area contributed by atoms with E-state index < -0.39 is 0 Å². The van der Waals surface area contributed by atoms with Crippen molar-refractivity contribution in [2.75, 3.05) is 0 Å². The Kier molecular flexibility index (Phi) is 5.87. The van der Waals surface area contributed by atoms with Gasteiger partial charge in [-0.25, -0.2) is 0 Å². The van der Waals surface area contributed by atoms with Crippen molar-refractivity contribution >= 4 is 17.7 Å². The number of aryl methyl sites for hydroxylation is 1. The number of thioether (sulfide) groups is 1. The van der Waals surface area contributed by atoms with Gasteiger partial charge in [0.1, 0.15) is 11.4 Å². The van der Waals surface area contributed by atoms with E-state index in [0.717, 1.165) is 23.5 Å². The van der Waals surface area contributed by atoms with Crippen LogP contribution in [-0.2, 0) is 5.75 Å². The van der Waals surface area contributed by atoms with Gasteiger partial charge in [-0.15, -0.1) is 11.8 Å². The number of para-hydroxylation sites is 1. The molecule has 1 atom stereocenters. The van der Waals surface area contributed by atoms with Gasteiger partial charge in [0.15, 0.2) is 0 Å². The van der Waals surface area contributed by atoms with Gasteiger partial charge < -0.3 is 10.1 Å². The lowest BCUT2D eigenvalue weighted by molar-refractivity contribution is 0.0619. The van der Waals surface area contributed by atoms with Gasteiger partial charge in [0.05, 0.1) is 6.04 Å². The van der Waals surface area contributed by atoms with Gasteiger partial charge in [-0.2, -0.15) is 0 Å². The second-order valence-electron chi connectivity index (χ2n) is 8.43. The molecule has 0 aliphatic carbocycles. The molecule has 0 saturated carbocycles. The normalized spacial score (nSPS) is 17.0. The number of hydrogen-bond acceptors (Lipinski definition) is 3. The van der Waals surface area contributed by atoms with Crippen molar-refractivity contribution in [3.05, 3.63) is 95.1 Å². The Morgan fingerprint density at radius 1 is 1.03 bits per heavy atom. The summed E-state index contributed by atoms with van der Waals surface area (Å²) < 4.78 is 6.07. The predicted octanol–water partition coefficient (Wildman–Crippen LogP) is 6.32. The molecule has 0 spiro atoms. The molecule has 1 amide bonds. The van der Waals surface area contributed by atoms with Crippen LogP contribution in [0.1, 0.15) is 53.4 Å². The Bertz CT molecular complexity index is 1030. The minimum atomic E-state index is -0.316. The number of nitrogens with one attached hydrogen (secondary N) is 1. The maximum Gasteiger partial charge on any atom is 0.251 e. The average Bonchev–Trinajstić information content (AvgIpc) is 2.73. The maximum absolute atomic E-state index is 12.9. The Morgan fingerprint density at radius 2 is 1.73 bits per heavy atom. The van der Waals surface area contributed by atoms with Gasteiger partial charge in [-0.3, -0.25) is 4.79 Å². The van der Waals surface area contributed by atoms with E-state index in [0.29, 0.717) is 5.56 Å². The monoisotopic (exact) mass is 417 g/mol. The first-order valence-corrected chi connectivity index (χ1v) is 11.3. The highest BCUT2D eigenvalue weighted by molar-refractivity contribution is 7.98. The maximum atomic E-state index is 12.9. The molecule has 1 N–H and O–H groups in total. The van der Waals surface area contributed by atoms with Crippen molar-refractivity contribution in [1.82, 2.24) is 5.32 Å². The first-order valence-electron chi connectivity index (χ1n) is 10.3. The summed E-state index contributed by atoms with van der Waals surface area (Å²) in [5.74, 6) is 1.68. The van der Waals surface area contributed by atoms with Crippen LogP contribution in [-0.4, -0.2) is 11.5 Å². The summed E-state index contributed by atoms with van der Waals surface area (Å²) >= 11 is 1.80. The van der Waals surface area contributed by atoms with Crippen molar-refractivity contribution in [2.45, 2.75) is 49.5 Å². The highest BCUT2D eigenvalue weighted by Gasteiger charge is 2.34. The van der Waals surface area contributed by atoms with Crippen molar-refractivity contribution < 1.29 is 9.53 Å². The van der Waals surface area contributed by atoms with Crippen LogP contribution in [0.3, 0.4) is 0 Å². The molecule has 1 aliphatic rings. The smallest absolute Gasteiger partial charge is 0.251 e. The Labute approximate surface area is 182 Å². The largest absolute Gasteiger partial charge is 0.487 e. The molecular weight excluding hydrogens is 390 g/mol. The summed E-state index contributed by atoms with van der Waals surface area (Å²) in [6, 6.07) is 24.3. The van der Waals surface area contributed by atoms with Crippen molar-refractivity contribution in [1.29, 1.82) is 0 Å². The molecule has 0 aromatic heterocycles. The number of carbonyl (C=O) groups is 1. The van der Waals surface area contributed by atoms with Crippen molar-refractivity contribution in [3.63, 3.8) is 0 Å². The molecule has 30 heavy (non-hydrogen) atoms. The van der Waals surface area contributed by atoms with E-state index in [4.69, 9.17) is 4.74 Å². The van der Waals surface area contributed by atoms with Gasteiger partial charge in [-0.05, 0) is 56.7 Å². The van der Waals surface area contributed by atoms with Gasteiger partial charge in [0.25, 0.3) is 5.91 Å². The van der Waals surface area contributed by atoms with Crippen LogP contribution in [0.2, 0.25) is 0 Å². The number of benzene rings is 3. The first-order chi connectivity index (χ1) is 14.4. The fourth-order valence-electron chi connectivity index (χ4n) is 3.73. The van der Waals surface area contributed by atoms with E-state index in [-0.39, 0.29) is 17.6 Å². The van der Waals surface area contributed by atoms with Crippen LogP contribution in [0.15, 0.2) is 77.7 Å². The zero-order valence-electron chi connectivity index (χ0n) is 17.6. The molecule has 3 aromatic rings. The van der Waals surface area contributed by atoms with Crippen LogP contribution in [0.5, 0.6) is 5.75 Å². The number of rotatable bonds is 5. The number of amides is 1. The number of hydrogen-bond donors (Lipinski definition) is 1. The summed E-state index contributed by atoms with van der Waals surface area (Å²) in [4.78, 5) is 14.2. The fourth-order valence-corrected chi connectivity index (χ4v) is 4.58. The molecule has 0 fully saturated rings. The van der Waals surface area contributed by atoms with E-state index in [9.17, 15) is 4.79 Å². The third kappa shape index (κ3) is 4.88. The molecular formula is C26H27NO2S. The predicted molar refractivity (Wildman–Crippen MR) is 123 cm³/mol. The third-order valence-corrected chi connectivity index (χ3v) is 6.41. The standard InChI is InChI=1S/C26H27NO2S/c1-18-8-14-21(15-9-18)30-17-19-10-12-20(13-11-19)25(28)27-23-16-26(2,3)29-24-7-5-4-6-22(23)24/h4-15,23H,16-17H2,1-3H3,(H,27,28). The average molecular weight is 418 g/mol. The summed E-state index contributed by atoms with van der Waals surface area (Å²) in [6.07, 6.45) is 0.737. The zero-order chi connectivity index (χ0) is 21.1. The molecule has 0 bridgehead atoms. The molecule has 0 saturated heterocycles. The highest BCUT2D eigenvalue weighted by atomic mass is 32.2. The number of fused-ring (bicyclic) bond motifs is 1. The molecule has 3 aromatic carbocycles. The molecule has 154 valence electrons. The molecule has 4 rings (SSSR count). The number of carbonyl (C=O) groups excluding carboxylic acids is 1. The van der Waals surface area contributed by atoms with Gasteiger partial charge in [0.2, 0.25) is 0 Å². The summed E-state index contributed by atoms with van der Waals surface area (Å²) in [5, 5.41) is 3.21. The lowest BCUT2D eigenvalue weighted by atomic mass is 9.89. The Morgan fingerprint density at radius 3 is 2.47 bits per heavy atom. The molecule has 1 heterocycles. The second kappa shape index (κ2) is 8.57. The van der Waals surface area contributed by atoms with Crippen LogP contribution in [0.25, 0.3) is 0 Å². The number of ether oxygens (including phenoxy) is 1. The zero-order valence-corrected chi connectivity index (χ0v) is 18.5. The summed E-state index contributed by atoms with van der Waals surface area (Å²) in [5.41, 5.74) is 3.88.